The fraction of sp³-hybridized carbons (Fsp3) is 0.500. The summed E-state index contributed by atoms with van der Waals surface area (Å²) in [5, 5.41) is 16.2. The third-order valence-corrected chi connectivity index (χ3v) is 2.70. The molecule has 1 aromatic rings. The van der Waals surface area contributed by atoms with E-state index < -0.39 is 0 Å². The fourth-order valence-corrected chi connectivity index (χ4v) is 1.40. The Morgan fingerprint density at radius 3 is 2.89 bits per heavy atom. The van der Waals surface area contributed by atoms with Crippen LogP contribution in [0.3, 0.4) is 0 Å². The van der Waals surface area contributed by atoms with Gasteiger partial charge in [-0.3, -0.25) is 4.79 Å². The highest BCUT2D eigenvalue weighted by atomic mass is 35.5. The van der Waals surface area contributed by atoms with Gasteiger partial charge in [0, 0.05) is 18.6 Å². The number of aromatic nitrogens is 2. The molecule has 1 aromatic heterocycles. The van der Waals surface area contributed by atoms with Gasteiger partial charge in [0.05, 0.1) is 11.2 Å². The molecule has 0 radical (unpaired) electrons. The number of terminal acetylenes is 1. The van der Waals surface area contributed by atoms with Gasteiger partial charge < -0.3 is 10.4 Å². The number of aliphatic hydroxyl groups is 1. The van der Waals surface area contributed by atoms with Gasteiger partial charge in [-0.05, 0) is 0 Å². The lowest BCUT2D eigenvalue weighted by Crippen LogP contribution is -2.31. The topological polar surface area (TPSA) is 67.2 Å². The normalized spacial score (nSPS) is 11.1. The van der Waals surface area contributed by atoms with Crippen molar-refractivity contribution in [2.75, 3.05) is 18.5 Å². The van der Waals surface area contributed by atoms with E-state index in [0.717, 1.165) is 4.68 Å². The second-order valence-electron chi connectivity index (χ2n) is 4.71. The van der Waals surface area contributed by atoms with Crippen molar-refractivity contribution in [3.8, 4) is 12.3 Å². The van der Waals surface area contributed by atoms with E-state index in [-0.39, 0.29) is 34.8 Å². The average molecular weight is 270 g/mol. The number of anilines is 1. The molecule has 98 valence electrons. The molecule has 5 nitrogen and oxygen atoms in total. The van der Waals surface area contributed by atoms with Gasteiger partial charge in [-0.15, -0.1) is 6.42 Å². The highest BCUT2D eigenvalue weighted by molar-refractivity contribution is 6.32. The zero-order valence-corrected chi connectivity index (χ0v) is 11.2. The van der Waals surface area contributed by atoms with E-state index >= 15 is 0 Å². The van der Waals surface area contributed by atoms with Gasteiger partial charge >= 0.3 is 0 Å². The molecule has 0 spiro atoms. The van der Waals surface area contributed by atoms with Crippen molar-refractivity contribution in [2.45, 2.75) is 20.4 Å². The molecule has 0 fully saturated rings. The molecule has 0 unspecified atom stereocenters. The Bertz CT molecular complexity index is 517. The zero-order valence-electron chi connectivity index (χ0n) is 10.4. The quantitative estimate of drug-likeness (QED) is 0.782. The maximum absolute atomic E-state index is 12.0. The summed E-state index contributed by atoms with van der Waals surface area (Å²) in [7, 11) is 0. The molecule has 1 heterocycles. The lowest BCUT2D eigenvalue weighted by Gasteiger charge is -2.22. The molecule has 6 heteroatoms. The van der Waals surface area contributed by atoms with Gasteiger partial charge in [-0.1, -0.05) is 31.4 Å². The summed E-state index contributed by atoms with van der Waals surface area (Å²) in [6, 6.07) is 0. The van der Waals surface area contributed by atoms with Crippen LogP contribution in [0.1, 0.15) is 13.8 Å². The van der Waals surface area contributed by atoms with E-state index in [4.69, 9.17) is 23.1 Å². The summed E-state index contributed by atoms with van der Waals surface area (Å²) < 4.78 is 1.15. The van der Waals surface area contributed by atoms with Crippen molar-refractivity contribution in [3.05, 3.63) is 21.6 Å². The van der Waals surface area contributed by atoms with Crippen LogP contribution in [-0.2, 0) is 6.54 Å². The first kappa shape index (κ1) is 14.6. The number of nitrogens with one attached hydrogen (secondary N) is 1. The van der Waals surface area contributed by atoms with Crippen molar-refractivity contribution in [1.82, 2.24) is 9.78 Å². The highest BCUT2D eigenvalue weighted by Gasteiger charge is 2.18. The van der Waals surface area contributed by atoms with Crippen LogP contribution < -0.4 is 10.9 Å². The molecule has 0 aliphatic rings. The Kier molecular flexibility index (Phi) is 4.76. The van der Waals surface area contributed by atoms with Gasteiger partial charge in [0.15, 0.2) is 0 Å². The van der Waals surface area contributed by atoms with Gasteiger partial charge in [0.25, 0.3) is 5.56 Å². The maximum atomic E-state index is 12.0. The summed E-state index contributed by atoms with van der Waals surface area (Å²) in [4.78, 5) is 12.0. The maximum Gasteiger partial charge on any atom is 0.292 e. The van der Waals surface area contributed by atoms with E-state index in [9.17, 15) is 4.79 Å². The van der Waals surface area contributed by atoms with Gasteiger partial charge in [0.1, 0.15) is 12.2 Å². The monoisotopic (exact) mass is 269 g/mol. The van der Waals surface area contributed by atoms with Crippen LogP contribution in [0.4, 0.5) is 5.69 Å². The minimum Gasteiger partial charge on any atom is -0.396 e. The number of nitrogens with zero attached hydrogens (tertiary/aromatic N) is 2. The third kappa shape index (κ3) is 3.49. The van der Waals surface area contributed by atoms with Crippen LogP contribution in [0.25, 0.3) is 0 Å². The zero-order chi connectivity index (χ0) is 13.8. The van der Waals surface area contributed by atoms with Crippen molar-refractivity contribution < 1.29 is 5.11 Å². The summed E-state index contributed by atoms with van der Waals surface area (Å²) in [5.74, 6) is 2.34. The summed E-state index contributed by atoms with van der Waals surface area (Å²) >= 11 is 5.92. The molecular formula is C12H16ClN3O2. The Balaban J connectivity index is 2.99. The second kappa shape index (κ2) is 5.89. The molecule has 18 heavy (non-hydrogen) atoms. The largest absolute Gasteiger partial charge is 0.396 e. The molecule has 0 aromatic carbocycles. The molecule has 0 amide bonds. The van der Waals surface area contributed by atoms with E-state index in [1.54, 1.807) is 0 Å². The van der Waals surface area contributed by atoms with E-state index in [0.29, 0.717) is 6.54 Å². The number of hydrogen-bond acceptors (Lipinski definition) is 4. The molecule has 0 aliphatic heterocycles. The SMILES string of the molecule is C#CCn1ncc(Cl)c(NCC(C)(C)CO)c1=O. The number of rotatable bonds is 5. The molecular weight excluding hydrogens is 254 g/mol. The van der Waals surface area contributed by atoms with Crippen LogP contribution >= 0.6 is 11.6 Å². The second-order valence-corrected chi connectivity index (χ2v) is 5.12. The van der Waals surface area contributed by atoms with Crippen LogP contribution in [0.2, 0.25) is 5.02 Å². The van der Waals surface area contributed by atoms with E-state index in [1.807, 2.05) is 13.8 Å². The van der Waals surface area contributed by atoms with Crippen LogP contribution in [0, 0.1) is 17.8 Å². The summed E-state index contributed by atoms with van der Waals surface area (Å²) in [5.41, 5.74) is -0.465. The van der Waals surface area contributed by atoms with Crippen LogP contribution in [0.5, 0.6) is 0 Å². The Morgan fingerprint density at radius 1 is 1.67 bits per heavy atom. The fourth-order valence-electron chi connectivity index (χ4n) is 1.21. The smallest absolute Gasteiger partial charge is 0.292 e. The van der Waals surface area contributed by atoms with E-state index in [2.05, 4.69) is 16.3 Å². The Labute approximate surface area is 111 Å². The van der Waals surface area contributed by atoms with Crippen LogP contribution in [0.15, 0.2) is 11.0 Å². The van der Waals surface area contributed by atoms with Crippen molar-refractivity contribution in [3.63, 3.8) is 0 Å². The Hall–Kier alpha value is -1.51. The molecule has 0 saturated heterocycles. The lowest BCUT2D eigenvalue weighted by atomic mass is 9.95. The molecule has 2 N–H and O–H groups in total. The van der Waals surface area contributed by atoms with Gasteiger partial charge in [-0.2, -0.15) is 5.10 Å². The number of hydrogen-bond donors (Lipinski definition) is 2. The van der Waals surface area contributed by atoms with Crippen molar-refractivity contribution in [1.29, 1.82) is 0 Å². The predicted octanol–water partition coefficient (Wildman–Crippen LogP) is 0.960. The number of aliphatic hydroxyl groups excluding tert-OH is 1. The first-order chi connectivity index (χ1) is 8.41. The summed E-state index contributed by atoms with van der Waals surface area (Å²) in [6.07, 6.45) is 6.52. The molecule has 1 rings (SSSR count). The summed E-state index contributed by atoms with van der Waals surface area (Å²) in [6.45, 7) is 4.25. The number of halogens is 1. The molecule has 0 atom stereocenters. The van der Waals surface area contributed by atoms with Gasteiger partial charge in [-0.25, -0.2) is 4.68 Å². The van der Waals surface area contributed by atoms with Crippen molar-refractivity contribution >= 4 is 17.3 Å². The highest BCUT2D eigenvalue weighted by Crippen LogP contribution is 2.19. The minimum absolute atomic E-state index is 0.00124. The standard InChI is InChI=1S/C12H16ClN3O2/c1-4-5-16-11(18)10(9(13)6-15-16)14-7-12(2,3)8-17/h1,6,14,17H,5,7-8H2,2-3H3. The average Bonchev–Trinajstić information content (AvgIpc) is 2.33. The van der Waals surface area contributed by atoms with Crippen LogP contribution in [-0.4, -0.2) is 28.0 Å². The first-order valence-electron chi connectivity index (χ1n) is 5.45. The molecule has 0 saturated carbocycles. The molecule has 0 bridgehead atoms. The minimum atomic E-state index is -0.366. The van der Waals surface area contributed by atoms with Gasteiger partial charge in [0.2, 0.25) is 0 Å². The van der Waals surface area contributed by atoms with E-state index in [1.165, 1.54) is 6.20 Å². The predicted molar refractivity (Wildman–Crippen MR) is 71.7 cm³/mol. The van der Waals surface area contributed by atoms with Crippen molar-refractivity contribution in [2.24, 2.45) is 5.41 Å². The molecule has 0 aliphatic carbocycles. The Morgan fingerprint density at radius 2 is 2.33 bits per heavy atom. The third-order valence-electron chi connectivity index (χ3n) is 2.41. The lowest BCUT2D eigenvalue weighted by molar-refractivity contribution is 0.171. The first-order valence-corrected chi connectivity index (χ1v) is 5.83.